The summed E-state index contributed by atoms with van der Waals surface area (Å²) in [7, 11) is 1.01. The van der Waals surface area contributed by atoms with Gasteiger partial charge in [0.15, 0.2) is 0 Å². The van der Waals surface area contributed by atoms with Gasteiger partial charge in [-0.05, 0) is 13.0 Å². The zero-order valence-electron chi connectivity index (χ0n) is 9.62. The number of rotatable bonds is 4. The van der Waals surface area contributed by atoms with Crippen LogP contribution in [0, 0.1) is 10.1 Å². The molecule has 0 fully saturated rings. The average Bonchev–Trinajstić information content (AvgIpc) is 2.27. The van der Waals surface area contributed by atoms with E-state index in [1.165, 1.54) is 0 Å². The van der Waals surface area contributed by atoms with E-state index in [4.69, 9.17) is 10.7 Å². The summed E-state index contributed by atoms with van der Waals surface area (Å²) in [6, 6.07) is 2.78. The summed E-state index contributed by atoms with van der Waals surface area (Å²) >= 11 is 0. The fraction of sp³-hybridized carbons (Fsp3) is 0.222. The first-order valence-corrected chi connectivity index (χ1v) is 7.23. The van der Waals surface area contributed by atoms with Gasteiger partial charge in [-0.1, -0.05) is 0 Å². The average molecular weight is 309 g/mol. The fourth-order valence-corrected chi connectivity index (χ4v) is 2.23. The fourth-order valence-electron chi connectivity index (χ4n) is 1.22. The molecule has 0 heterocycles. The zero-order valence-corrected chi connectivity index (χ0v) is 11.2. The summed E-state index contributed by atoms with van der Waals surface area (Å²) in [5.41, 5.74) is -0.710. The van der Waals surface area contributed by atoms with Crippen molar-refractivity contribution in [1.82, 2.24) is 0 Å². The SMILES string of the molecule is CCOC(=O)Nc1cc([N+](=O)[O-])ccc1S(=O)(=O)Cl. The molecule has 0 aliphatic rings. The van der Waals surface area contributed by atoms with Crippen LogP contribution in [0.3, 0.4) is 0 Å². The molecule has 10 heteroatoms. The van der Waals surface area contributed by atoms with Crippen molar-refractivity contribution in [1.29, 1.82) is 0 Å². The quantitative estimate of drug-likeness (QED) is 0.517. The van der Waals surface area contributed by atoms with Crippen molar-refractivity contribution in [2.45, 2.75) is 11.8 Å². The number of hydrogen-bond donors (Lipinski definition) is 1. The molecule has 0 unspecified atom stereocenters. The predicted molar refractivity (Wildman–Crippen MR) is 66.8 cm³/mol. The van der Waals surface area contributed by atoms with Crippen molar-refractivity contribution in [2.75, 3.05) is 11.9 Å². The lowest BCUT2D eigenvalue weighted by Crippen LogP contribution is -2.15. The maximum absolute atomic E-state index is 11.3. The minimum atomic E-state index is -4.16. The maximum Gasteiger partial charge on any atom is 0.411 e. The summed E-state index contributed by atoms with van der Waals surface area (Å²) in [6.07, 6.45) is -0.940. The Labute approximate surface area is 112 Å². The Hall–Kier alpha value is -1.87. The predicted octanol–water partition coefficient (Wildman–Crippen LogP) is 2.09. The van der Waals surface area contributed by atoms with Crippen LogP contribution in [0.15, 0.2) is 23.1 Å². The lowest BCUT2D eigenvalue weighted by atomic mass is 10.3. The van der Waals surface area contributed by atoms with Gasteiger partial charge in [-0.15, -0.1) is 0 Å². The Bertz CT molecular complexity index is 615. The van der Waals surface area contributed by atoms with Crippen molar-refractivity contribution in [2.24, 2.45) is 0 Å². The molecule has 0 bridgehead atoms. The molecule has 0 spiro atoms. The van der Waals surface area contributed by atoms with Crippen molar-refractivity contribution in [3.63, 3.8) is 0 Å². The molecule has 1 amide bonds. The number of nitrogens with zero attached hydrogens (tertiary/aromatic N) is 1. The molecule has 0 aliphatic heterocycles. The molecule has 0 aliphatic carbocycles. The molecule has 1 rings (SSSR count). The largest absolute Gasteiger partial charge is 0.450 e. The number of benzene rings is 1. The molecular formula is C9H9ClN2O6S. The topological polar surface area (TPSA) is 116 Å². The van der Waals surface area contributed by atoms with Gasteiger partial charge in [0, 0.05) is 22.8 Å². The first-order valence-electron chi connectivity index (χ1n) is 4.92. The second-order valence-corrected chi connectivity index (χ2v) is 5.76. The second kappa shape index (κ2) is 5.85. The van der Waals surface area contributed by atoms with Crippen LogP contribution in [0.25, 0.3) is 0 Å². The molecule has 19 heavy (non-hydrogen) atoms. The normalized spacial score (nSPS) is 10.8. The number of hydrogen-bond acceptors (Lipinski definition) is 6. The van der Waals surface area contributed by atoms with E-state index in [1.54, 1.807) is 6.92 Å². The molecule has 0 aromatic heterocycles. The van der Waals surface area contributed by atoms with E-state index < -0.39 is 30.7 Å². The van der Waals surface area contributed by atoms with Gasteiger partial charge < -0.3 is 4.74 Å². The molecule has 1 aromatic carbocycles. The van der Waals surface area contributed by atoms with Crippen LogP contribution in [0.5, 0.6) is 0 Å². The molecule has 0 radical (unpaired) electrons. The molecule has 1 N–H and O–H groups in total. The molecular weight excluding hydrogens is 300 g/mol. The minimum Gasteiger partial charge on any atom is -0.450 e. The molecule has 8 nitrogen and oxygen atoms in total. The minimum absolute atomic E-state index is 0.0592. The number of carbonyl (C=O) groups is 1. The van der Waals surface area contributed by atoms with Gasteiger partial charge in [-0.25, -0.2) is 13.2 Å². The highest BCUT2D eigenvalue weighted by molar-refractivity contribution is 8.13. The Morgan fingerprint density at radius 1 is 1.53 bits per heavy atom. The van der Waals surface area contributed by atoms with E-state index in [0.717, 1.165) is 18.2 Å². The molecule has 1 aromatic rings. The van der Waals surface area contributed by atoms with E-state index in [9.17, 15) is 23.3 Å². The van der Waals surface area contributed by atoms with Gasteiger partial charge >= 0.3 is 6.09 Å². The third kappa shape index (κ3) is 4.07. The lowest BCUT2D eigenvalue weighted by molar-refractivity contribution is -0.384. The highest BCUT2D eigenvalue weighted by Crippen LogP contribution is 2.28. The van der Waals surface area contributed by atoms with E-state index >= 15 is 0 Å². The van der Waals surface area contributed by atoms with Gasteiger partial charge in [0.05, 0.1) is 17.2 Å². The van der Waals surface area contributed by atoms with E-state index in [0.29, 0.717) is 0 Å². The van der Waals surface area contributed by atoms with Gasteiger partial charge in [0.25, 0.3) is 14.7 Å². The number of nitro benzene ring substituents is 1. The number of carbonyl (C=O) groups excluding carboxylic acids is 1. The Balaban J connectivity index is 3.26. The van der Waals surface area contributed by atoms with Crippen LogP contribution in [0.4, 0.5) is 16.2 Å². The number of amides is 1. The molecule has 0 saturated carbocycles. The number of non-ortho nitro benzene ring substituents is 1. The number of nitrogens with one attached hydrogen (secondary N) is 1. The van der Waals surface area contributed by atoms with Gasteiger partial charge in [-0.3, -0.25) is 15.4 Å². The summed E-state index contributed by atoms with van der Waals surface area (Å²) in [4.78, 5) is 20.7. The van der Waals surface area contributed by atoms with Gasteiger partial charge in [0.1, 0.15) is 4.90 Å². The van der Waals surface area contributed by atoms with Crippen LogP contribution in [-0.2, 0) is 13.8 Å². The number of halogens is 1. The lowest BCUT2D eigenvalue weighted by Gasteiger charge is -2.08. The third-order valence-electron chi connectivity index (χ3n) is 1.95. The summed E-state index contributed by atoms with van der Waals surface area (Å²) in [5, 5.41) is 12.7. The van der Waals surface area contributed by atoms with Crippen LogP contribution >= 0.6 is 10.7 Å². The van der Waals surface area contributed by atoms with E-state index in [2.05, 4.69) is 10.1 Å². The van der Waals surface area contributed by atoms with Gasteiger partial charge in [-0.2, -0.15) is 0 Å². The highest BCUT2D eigenvalue weighted by atomic mass is 35.7. The van der Waals surface area contributed by atoms with Crippen LogP contribution < -0.4 is 5.32 Å². The Kier molecular flexibility index (Phi) is 4.67. The molecule has 0 atom stereocenters. The number of anilines is 1. The third-order valence-corrected chi connectivity index (χ3v) is 3.33. The standard InChI is InChI=1S/C9H9ClN2O6S/c1-2-18-9(13)11-7-5-6(12(14)15)3-4-8(7)19(10,16)17/h3-5H,2H2,1H3,(H,11,13). The summed E-state index contributed by atoms with van der Waals surface area (Å²) < 4.78 is 27.1. The number of ether oxygens (including phenoxy) is 1. The Morgan fingerprint density at radius 2 is 2.16 bits per heavy atom. The highest BCUT2D eigenvalue weighted by Gasteiger charge is 2.21. The van der Waals surface area contributed by atoms with Crippen molar-refractivity contribution in [3.05, 3.63) is 28.3 Å². The summed E-state index contributed by atoms with van der Waals surface area (Å²) in [5.74, 6) is 0. The van der Waals surface area contributed by atoms with Gasteiger partial charge in [0.2, 0.25) is 0 Å². The van der Waals surface area contributed by atoms with Crippen LogP contribution in [0.1, 0.15) is 6.92 Å². The van der Waals surface area contributed by atoms with Crippen LogP contribution in [-0.4, -0.2) is 26.0 Å². The van der Waals surface area contributed by atoms with Crippen LogP contribution in [0.2, 0.25) is 0 Å². The zero-order chi connectivity index (χ0) is 14.6. The van der Waals surface area contributed by atoms with Crippen molar-refractivity contribution < 1.29 is 22.9 Å². The monoisotopic (exact) mass is 308 g/mol. The molecule has 104 valence electrons. The Morgan fingerprint density at radius 3 is 2.63 bits per heavy atom. The van der Waals surface area contributed by atoms with Crippen molar-refractivity contribution >= 4 is 37.2 Å². The smallest absolute Gasteiger partial charge is 0.411 e. The maximum atomic E-state index is 11.3. The van der Waals surface area contributed by atoms with E-state index in [-0.39, 0.29) is 12.3 Å². The summed E-state index contributed by atoms with van der Waals surface area (Å²) in [6.45, 7) is 1.61. The molecule has 0 saturated heterocycles. The first-order chi connectivity index (χ1) is 8.75. The second-order valence-electron chi connectivity index (χ2n) is 3.22. The first kappa shape index (κ1) is 15.2. The number of nitro groups is 1. The van der Waals surface area contributed by atoms with Crippen molar-refractivity contribution in [3.8, 4) is 0 Å². The van der Waals surface area contributed by atoms with E-state index in [1.807, 2.05) is 0 Å².